The van der Waals surface area contributed by atoms with Crippen molar-refractivity contribution in [3.63, 3.8) is 0 Å². The summed E-state index contributed by atoms with van der Waals surface area (Å²) in [4.78, 5) is 25.8. The highest BCUT2D eigenvalue weighted by molar-refractivity contribution is 6.32. The number of nitrogens with one attached hydrogen (secondary N) is 2. The number of fused-ring (bicyclic) bond motifs is 2. The lowest BCUT2D eigenvalue weighted by Crippen LogP contribution is -2.42. The zero-order valence-electron chi connectivity index (χ0n) is 19.2. The number of amides is 1. The van der Waals surface area contributed by atoms with E-state index in [1.807, 2.05) is 40.9 Å². The van der Waals surface area contributed by atoms with Crippen molar-refractivity contribution in [2.24, 2.45) is 0 Å². The van der Waals surface area contributed by atoms with Gasteiger partial charge in [-0.3, -0.25) is 9.20 Å². The molecule has 1 aliphatic rings. The molecule has 3 aromatic heterocycles. The number of anilines is 3. The van der Waals surface area contributed by atoms with E-state index in [1.54, 1.807) is 19.5 Å². The Hall–Kier alpha value is -3.69. The molecule has 1 aliphatic heterocycles. The first-order valence-corrected chi connectivity index (χ1v) is 11.3. The average Bonchev–Trinajstić information content (AvgIpc) is 3.24. The first-order chi connectivity index (χ1) is 16.3. The maximum absolute atomic E-state index is 12.4. The lowest BCUT2D eigenvalue weighted by Gasteiger charge is -2.32. The molecule has 0 spiro atoms. The summed E-state index contributed by atoms with van der Waals surface area (Å²) in [6.07, 6.45) is 5.65. The number of hydrogen-bond donors (Lipinski definition) is 2. The van der Waals surface area contributed by atoms with Crippen molar-refractivity contribution in [1.82, 2.24) is 19.4 Å². The highest BCUT2D eigenvalue weighted by Gasteiger charge is 2.25. The van der Waals surface area contributed by atoms with E-state index < -0.39 is 0 Å². The highest BCUT2D eigenvalue weighted by atomic mass is 35.5. The smallest absolute Gasteiger partial charge is 0.230 e. The molecule has 1 amide bonds. The van der Waals surface area contributed by atoms with Gasteiger partial charge in [-0.15, -0.1) is 0 Å². The first-order valence-electron chi connectivity index (χ1n) is 10.9. The van der Waals surface area contributed by atoms with Crippen molar-refractivity contribution >= 4 is 40.5 Å². The van der Waals surface area contributed by atoms with E-state index in [4.69, 9.17) is 16.3 Å². The fraction of sp³-hybridized carbons (Fsp3) is 0.250. The van der Waals surface area contributed by atoms with Crippen LogP contribution in [0.5, 0.6) is 5.75 Å². The number of hydrogen-bond acceptors (Lipinski definition) is 6. The fourth-order valence-corrected chi connectivity index (χ4v) is 4.32. The van der Waals surface area contributed by atoms with Crippen molar-refractivity contribution in [2.45, 2.75) is 13.0 Å². The Morgan fingerprint density at radius 1 is 1.21 bits per heavy atom. The maximum atomic E-state index is 12.4. The molecular formula is C24H25ClN7O2+. The predicted octanol–water partition coefficient (Wildman–Crippen LogP) is 4.12. The molecular weight excluding hydrogens is 454 g/mol. The molecule has 174 valence electrons. The van der Waals surface area contributed by atoms with Gasteiger partial charge in [-0.25, -0.2) is 15.0 Å². The van der Waals surface area contributed by atoms with E-state index in [1.165, 1.54) is 0 Å². The standard InChI is InChI=1S/C24H24ClN7O2/c1-32(2)9-7-22(33)28-17-11-18(20(34-3)10-15(17)14-32)29-24-27-12-16(25)23(30-24)19-13-26-21-6-4-5-8-31(19)21/h4-6,8,10-13H,7,9,14H2,1-3H3,(H-,27,28,29,30,33)/p+1. The van der Waals surface area contributed by atoms with Gasteiger partial charge in [0.15, 0.2) is 0 Å². The molecule has 0 unspecified atom stereocenters. The molecule has 0 atom stereocenters. The van der Waals surface area contributed by atoms with Gasteiger partial charge in [0.05, 0.1) is 68.7 Å². The van der Waals surface area contributed by atoms with Crippen LogP contribution in [0.1, 0.15) is 12.0 Å². The number of ether oxygens (including phenoxy) is 1. The molecule has 0 aliphatic carbocycles. The van der Waals surface area contributed by atoms with Gasteiger partial charge in [-0.2, -0.15) is 0 Å². The van der Waals surface area contributed by atoms with Crippen molar-refractivity contribution in [3.05, 3.63) is 59.5 Å². The minimum absolute atomic E-state index is 0.0130. The van der Waals surface area contributed by atoms with Crippen LogP contribution in [0.4, 0.5) is 17.3 Å². The Morgan fingerprint density at radius 3 is 2.88 bits per heavy atom. The number of aromatic nitrogens is 4. The predicted molar refractivity (Wildman–Crippen MR) is 131 cm³/mol. The van der Waals surface area contributed by atoms with Crippen LogP contribution in [0, 0.1) is 0 Å². The third-order valence-electron chi connectivity index (χ3n) is 5.89. The second-order valence-electron chi connectivity index (χ2n) is 8.91. The molecule has 5 rings (SSSR count). The number of pyridine rings is 1. The molecule has 1 aromatic carbocycles. The summed E-state index contributed by atoms with van der Waals surface area (Å²) in [6.45, 7) is 1.53. The maximum Gasteiger partial charge on any atom is 0.230 e. The molecule has 0 saturated heterocycles. The van der Waals surface area contributed by atoms with Gasteiger partial charge in [0.25, 0.3) is 0 Å². The molecule has 0 saturated carbocycles. The van der Waals surface area contributed by atoms with Crippen LogP contribution in [0.25, 0.3) is 17.0 Å². The second kappa shape index (κ2) is 8.58. The Kier molecular flexibility index (Phi) is 5.59. The number of rotatable bonds is 4. The summed E-state index contributed by atoms with van der Waals surface area (Å²) >= 11 is 6.45. The Balaban J connectivity index is 1.53. The zero-order chi connectivity index (χ0) is 23.9. The molecule has 0 radical (unpaired) electrons. The molecule has 0 fully saturated rings. The third-order valence-corrected chi connectivity index (χ3v) is 6.17. The number of benzene rings is 1. The van der Waals surface area contributed by atoms with Gasteiger partial charge >= 0.3 is 0 Å². The minimum atomic E-state index is -0.0130. The zero-order valence-corrected chi connectivity index (χ0v) is 19.9. The van der Waals surface area contributed by atoms with Crippen LogP contribution in [-0.2, 0) is 11.3 Å². The van der Waals surface area contributed by atoms with E-state index in [-0.39, 0.29) is 5.91 Å². The fourth-order valence-electron chi connectivity index (χ4n) is 4.13. The van der Waals surface area contributed by atoms with Crippen LogP contribution >= 0.6 is 11.6 Å². The third kappa shape index (κ3) is 4.27. The number of carbonyl (C=O) groups is 1. The monoisotopic (exact) mass is 478 g/mol. The Labute approximate surface area is 202 Å². The van der Waals surface area contributed by atoms with E-state index in [2.05, 4.69) is 39.7 Å². The minimum Gasteiger partial charge on any atom is -0.495 e. The SMILES string of the molecule is COc1cc2c(cc1Nc1ncc(Cl)c(-c3cnc4ccccn34)n1)NC(=O)CC[N+](C)(C)C2. The van der Waals surface area contributed by atoms with Gasteiger partial charge in [0.1, 0.15) is 23.6 Å². The Morgan fingerprint density at radius 2 is 2.06 bits per heavy atom. The summed E-state index contributed by atoms with van der Waals surface area (Å²) in [6, 6.07) is 9.57. The highest BCUT2D eigenvalue weighted by Crippen LogP contribution is 2.36. The number of carbonyl (C=O) groups excluding carboxylic acids is 1. The molecule has 4 aromatic rings. The first kappa shape index (κ1) is 22.1. The van der Waals surface area contributed by atoms with Crippen molar-refractivity contribution in [3.8, 4) is 17.1 Å². The van der Waals surface area contributed by atoms with Crippen LogP contribution in [0.3, 0.4) is 0 Å². The van der Waals surface area contributed by atoms with Gasteiger partial charge in [-0.05, 0) is 24.3 Å². The molecule has 4 heterocycles. The lowest BCUT2D eigenvalue weighted by molar-refractivity contribution is -0.903. The van der Waals surface area contributed by atoms with E-state index in [0.29, 0.717) is 39.0 Å². The number of imidazole rings is 1. The summed E-state index contributed by atoms with van der Waals surface area (Å²) in [7, 11) is 5.84. The largest absolute Gasteiger partial charge is 0.495 e. The van der Waals surface area contributed by atoms with Gasteiger partial charge < -0.3 is 19.9 Å². The Bertz CT molecular complexity index is 1400. The number of halogens is 1. The van der Waals surface area contributed by atoms with Gasteiger partial charge in [-0.1, -0.05) is 17.7 Å². The summed E-state index contributed by atoms with van der Waals surface area (Å²) < 4.78 is 8.28. The number of methoxy groups -OCH3 is 1. The van der Waals surface area contributed by atoms with Crippen molar-refractivity contribution in [2.75, 3.05) is 38.4 Å². The van der Waals surface area contributed by atoms with Crippen LogP contribution in [0.2, 0.25) is 5.02 Å². The molecule has 2 N–H and O–H groups in total. The van der Waals surface area contributed by atoms with Crippen LogP contribution < -0.4 is 15.4 Å². The summed E-state index contributed by atoms with van der Waals surface area (Å²) in [5, 5.41) is 6.66. The number of nitrogens with zero attached hydrogens (tertiary/aromatic N) is 5. The van der Waals surface area contributed by atoms with Gasteiger partial charge in [0, 0.05) is 11.8 Å². The quantitative estimate of drug-likeness (QED) is 0.429. The van der Waals surface area contributed by atoms with Crippen LogP contribution in [0.15, 0.2) is 48.9 Å². The van der Waals surface area contributed by atoms with E-state index in [0.717, 1.165) is 35.7 Å². The van der Waals surface area contributed by atoms with E-state index >= 15 is 0 Å². The second-order valence-corrected chi connectivity index (χ2v) is 9.32. The van der Waals surface area contributed by atoms with Crippen molar-refractivity contribution in [1.29, 1.82) is 0 Å². The molecule has 34 heavy (non-hydrogen) atoms. The molecule has 0 bridgehead atoms. The summed E-state index contributed by atoms with van der Waals surface area (Å²) in [5.41, 5.74) is 4.49. The average molecular weight is 479 g/mol. The number of quaternary nitrogens is 1. The topological polar surface area (TPSA) is 93.4 Å². The molecule has 10 heteroatoms. The molecule has 9 nitrogen and oxygen atoms in total. The lowest BCUT2D eigenvalue weighted by atomic mass is 10.1. The van der Waals surface area contributed by atoms with Crippen molar-refractivity contribution < 1.29 is 14.0 Å². The van der Waals surface area contributed by atoms with Gasteiger partial charge in [0.2, 0.25) is 11.9 Å². The normalized spacial score (nSPS) is 15.2. The van der Waals surface area contributed by atoms with E-state index in [9.17, 15) is 4.79 Å². The summed E-state index contributed by atoms with van der Waals surface area (Å²) in [5.74, 6) is 0.959. The van der Waals surface area contributed by atoms with Crippen LogP contribution in [-0.4, -0.2) is 57.5 Å².